The smallest absolute Gasteiger partial charge is 0.0616 e. The van der Waals surface area contributed by atoms with Crippen molar-refractivity contribution in [1.82, 2.24) is 0 Å². The van der Waals surface area contributed by atoms with Crippen LogP contribution >= 0.6 is 12.0 Å². The van der Waals surface area contributed by atoms with Crippen molar-refractivity contribution in [3.8, 4) is 0 Å². The SMILES string of the molecule is [CH]1CCOSC1. The summed E-state index contributed by atoms with van der Waals surface area (Å²) in [7, 11) is 0. The first-order chi connectivity index (χ1) is 3.00. The molecule has 1 nitrogen and oxygen atoms in total. The molecule has 0 spiro atoms. The van der Waals surface area contributed by atoms with Crippen LogP contribution < -0.4 is 0 Å². The van der Waals surface area contributed by atoms with Crippen molar-refractivity contribution in [2.24, 2.45) is 0 Å². The molecule has 6 heavy (non-hydrogen) atoms. The maximum Gasteiger partial charge on any atom is 0.0616 e. The van der Waals surface area contributed by atoms with Gasteiger partial charge in [-0.15, -0.1) is 0 Å². The fourth-order valence-corrected chi connectivity index (χ4v) is 0.943. The van der Waals surface area contributed by atoms with E-state index in [4.69, 9.17) is 4.18 Å². The summed E-state index contributed by atoms with van der Waals surface area (Å²) in [4.78, 5) is 0. The highest BCUT2D eigenvalue weighted by Gasteiger charge is 1.96. The normalized spacial score (nSPS) is 24.0. The molecule has 0 aromatic carbocycles. The minimum Gasteiger partial charge on any atom is -0.315 e. The topological polar surface area (TPSA) is 9.23 Å². The molecule has 1 aliphatic heterocycles. The van der Waals surface area contributed by atoms with Crippen LogP contribution in [0.1, 0.15) is 6.42 Å². The Morgan fingerprint density at radius 2 is 2.67 bits per heavy atom. The molecule has 0 N–H and O–H groups in total. The van der Waals surface area contributed by atoms with Gasteiger partial charge in [-0.05, 0) is 24.9 Å². The maximum atomic E-state index is 4.95. The van der Waals surface area contributed by atoms with Crippen molar-refractivity contribution in [2.45, 2.75) is 6.42 Å². The lowest BCUT2D eigenvalue weighted by atomic mass is 10.4. The van der Waals surface area contributed by atoms with E-state index in [0.717, 1.165) is 18.8 Å². The van der Waals surface area contributed by atoms with Gasteiger partial charge in [-0.1, -0.05) is 0 Å². The van der Waals surface area contributed by atoms with Gasteiger partial charge in [0.15, 0.2) is 0 Å². The number of rotatable bonds is 0. The molecule has 1 aliphatic rings. The Morgan fingerprint density at radius 3 is 2.83 bits per heavy atom. The number of hydrogen-bond acceptors (Lipinski definition) is 2. The summed E-state index contributed by atoms with van der Waals surface area (Å²) in [5.74, 6) is 1.07. The molecule has 1 fully saturated rings. The molecule has 0 amide bonds. The van der Waals surface area contributed by atoms with Crippen molar-refractivity contribution >= 4 is 12.0 Å². The van der Waals surface area contributed by atoms with Crippen LogP contribution in [0.25, 0.3) is 0 Å². The van der Waals surface area contributed by atoms with E-state index in [9.17, 15) is 0 Å². The van der Waals surface area contributed by atoms with Crippen molar-refractivity contribution in [3.63, 3.8) is 0 Å². The van der Waals surface area contributed by atoms with Crippen LogP contribution in [0.3, 0.4) is 0 Å². The highest BCUT2D eigenvalue weighted by atomic mass is 32.2. The number of hydrogen-bond donors (Lipinski definition) is 0. The van der Waals surface area contributed by atoms with Crippen LogP contribution in [-0.4, -0.2) is 12.4 Å². The van der Waals surface area contributed by atoms with Gasteiger partial charge < -0.3 is 4.18 Å². The standard InChI is InChI=1S/C4H7OS/c1-2-4-6-5-3-1/h2H,1,3-4H2. The van der Waals surface area contributed by atoms with E-state index in [1.54, 1.807) is 0 Å². The summed E-state index contributed by atoms with van der Waals surface area (Å²) in [6, 6.07) is 0. The zero-order chi connectivity index (χ0) is 4.24. The summed E-state index contributed by atoms with van der Waals surface area (Å²) in [5, 5.41) is 0. The maximum absolute atomic E-state index is 4.95. The molecule has 1 rings (SSSR count). The second kappa shape index (κ2) is 2.48. The Kier molecular flexibility index (Phi) is 1.85. The first-order valence-corrected chi connectivity index (χ1v) is 2.97. The minimum atomic E-state index is 0.907. The third-order valence-corrected chi connectivity index (χ3v) is 1.38. The van der Waals surface area contributed by atoms with Gasteiger partial charge in [0, 0.05) is 5.75 Å². The van der Waals surface area contributed by atoms with Crippen LogP contribution in [0.15, 0.2) is 0 Å². The van der Waals surface area contributed by atoms with Gasteiger partial charge in [-0.25, -0.2) is 0 Å². The molecule has 0 atom stereocenters. The van der Waals surface area contributed by atoms with Gasteiger partial charge in [-0.3, -0.25) is 0 Å². The van der Waals surface area contributed by atoms with Gasteiger partial charge >= 0.3 is 0 Å². The van der Waals surface area contributed by atoms with Crippen molar-refractivity contribution in [1.29, 1.82) is 0 Å². The van der Waals surface area contributed by atoms with Crippen LogP contribution in [-0.2, 0) is 4.18 Å². The largest absolute Gasteiger partial charge is 0.315 e. The Bertz CT molecular complexity index is 23.0. The molecule has 0 aromatic heterocycles. The highest BCUT2D eigenvalue weighted by Crippen LogP contribution is 2.11. The van der Waals surface area contributed by atoms with E-state index in [0.29, 0.717) is 0 Å². The van der Waals surface area contributed by atoms with Gasteiger partial charge in [0.2, 0.25) is 0 Å². The van der Waals surface area contributed by atoms with Gasteiger partial charge in [0.1, 0.15) is 0 Å². The zero-order valence-corrected chi connectivity index (χ0v) is 4.33. The van der Waals surface area contributed by atoms with Gasteiger partial charge in [-0.2, -0.15) is 0 Å². The first kappa shape index (κ1) is 4.47. The van der Waals surface area contributed by atoms with Crippen LogP contribution in [0.5, 0.6) is 0 Å². The lowest BCUT2D eigenvalue weighted by molar-refractivity contribution is 0.367. The Labute approximate surface area is 42.3 Å². The van der Waals surface area contributed by atoms with Crippen molar-refractivity contribution in [3.05, 3.63) is 6.42 Å². The lowest BCUT2D eigenvalue weighted by Gasteiger charge is -2.06. The Morgan fingerprint density at radius 1 is 1.67 bits per heavy atom. The highest BCUT2D eigenvalue weighted by molar-refractivity contribution is 7.94. The molecule has 0 aromatic rings. The minimum absolute atomic E-state index is 0.907. The molecule has 0 bridgehead atoms. The van der Waals surface area contributed by atoms with Crippen LogP contribution in [0.2, 0.25) is 0 Å². The summed E-state index contributed by atoms with van der Waals surface area (Å²) in [5.41, 5.74) is 0. The molecule has 0 aliphatic carbocycles. The van der Waals surface area contributed by atoms with Crippen LogP contribution in [0, 0.1) is 6.42 Å². The second-order valence-electron chi connectivity index (χ2n) is 1.18. The average molecular weight is 103 g/mol. The van der Waals surface area contributed by atoms with Crippen LogP contribution in [0.4, 0.5) is 0 Å². The monoisotopic (exact) mass is 103 g/mol. The van der Waals surface area contributed by atoms with E-state index in [1.807, 2.05) is 0 Å². The average Bonchev–Trinajstić information content (AvgIpc) is 1.72. The summed E-state index contributed by atoms with van der Waals surface area (Å²) in [6.07, 6.45) is 3.36. The molecule has 2 heteroatoms. The Hall–Kier alpha value is 0.310. The third kappa shape index (κ3) is 1.19. The van der Waals surface area contributed by atoms with E-state index < -0.39 is 0 Å². The second-order valence-corrected chi connectivity index (χ2v) is 1.99. The predicted molar refractivity (Wildman–Crippen MR) is 27.3 cm³/mol. The third-order valence-electron chi connectivity index (χ3n) is 0.675. The fraction of sp³-hybridized carbons (Fsp3) is 0.750. The lowest BCUT2D eigenvalue weighted by Crippen LogP contribution is -1.96. The van der Waals surface area contributed by atoms with E-state index >= 15 is 0 Å². The Balaban J connectivity index is 2.00. The van der Waals surface area contributed by atoms with Gasteiger partial charge in [0.05, 0.1) is 6.61 Å². The van der Waals surface area contributed by atoms with Crippen molar-refractivity contribution < 1.29 is 4.18 Å². The summed E-state index contributed by atoms with van der Waals surface area (Å²) < 4.78 is 4.95. The zero-order valence-electron chi connectivity index (χ0n) is 3.52. The molecule has 1 radical (unpaired) electrons. The molecular formula is C4H7OS. The first-order valence-electron chi connectivity index (χ1n) is 2.06. The molecule has 1 saturated heterocycles. The van der Waals surface area contributed by atoms with E-state index in [1.165, 1.54) is 12.0 Å². The summed E-state index contributed by atoms with van der Waals surface area (Å²) >= 11 is 1.54. The molecular weight excluding hydrogens is 96.1 g/mol. The fourth-order valence-electron chi connectivity index (χ4n) is 0.370. The molecule has 1 heterocycles. The molecule has 0 saturated carbocycles. The van der Waals surface area contributed by atoms with E-state index in [-0.39, 0.29) is 0 Å². The van der Waals surface area contributed by atoms with Gasteiger partial charge in [0.25, 0.3) is 0 Å². The van der Waals surface area contributed by atoms with E-state index in [2.05, 4.69) is 6.42 Å². The van der Waals surface area contributed by atoms with Crippen molar-refractivity contribution in [2.75, 3.05) is 12.4 Å². The molecule has 35 valence electrons. The quantitative estimate of drug-likeness (QED) is 0.427. The molecule has 0 unspecified atom stereocenters. The predicted octanol–water partition coefficient (Wildman–Crippen LogP) is 1.26. The summed E-state index contributed by atoms with van der Waals surface area (Å²) in [6.45, 7) is 0.907.